The van der Waals surface area contributed by atoms with Crippen molar-refractivity contribution >= 4 is 0 Å². The summed E-state index contributed by atoms with van der Waals surface area (Å²) in [6.07, 6.45) is 0. The molecule has 0 aliphatic heterocycles. The van der Waals surface area contributed by atoms with Crippen LogP contribution >= 0.6 is 0 Å². The number of benzene rings is 1. The van der Waals surface area contributed by atoms with Crippen molar-refractivity contribution in [2.45, 2.75) is 0 Å². The Balaban J connectivity index is 0. The van der Waals surface area contributed by atoms with E-state index in [1.54, 1.807) is 13.2 Å². The van der Waals surface area contributed by atoms with Crippen molar-refractivity contribution in [3.8, 4) is 5.75 Å². The Kier molecular flexibility index (Phi) is 8.34. The van der Waals surface area contributed by atoms with Gasteiger partial charge in [0.05, 0.1) is 7.11 Å². The van der Waals surface area contributed by atoms with Crippen LogP contribution in [0.5, 0.6) is 5.75 Å². The molecule has 0 aliphatic rings. The molecular formula is C8H10OZn. The molecule has 0 aliphatic carbocycles. The van der Waals surface area contributed by atoms with Gasteiger partial charge in [0.1, 0.15) is 0 Å². The Bertz CT molecular complexity index is 151. The topological polar surface area (TPSA) is 9.23 Å². The van der Waals surface area contributed by atoms with E-state index in [-0.39, 0.29) is 26.9 Å². The molecule has 0 bridgehead atoms. The third kappa shape index (κ3) is 3.63. The van der Waals surface area contributed by atoms with Gasteiger partial charge in [-0.1, -0.05) is 0 Å². The van der Waals surface area contributed by atoms with E-state index in [1.807, 2.05) is 18.2 Å². The number of ether oxygens (including phenoxy) is 1. The largest absolute Gasteiger partial charge is 2.00 e. The summed E-state index contributed by atoms with van der Waals surface area (Å²) in [5, 5.41) is 0. The second-order valence-electron chi connectivity index (χ2n) is 1.44. The third-order valence-corrected chi connectivity index (χ3v) is 0.914. The van der Waals surface area contributed by atoms with Crippen LogP contribution in [0.15, 0.2) is 24.3 Å². The zero-order valence-electron chi connectivity index (χ0n) is 6.42. The summed E-state index contributed by atoms with van der Waals surface area (Å²) in [4.78, 5) is 0. The van der Waals surface area contributed by atoms with Crippen molar-refractivity contribution in [2.24, 2.45) is 0 Å². The summed E-state index contributed by atoms with van der Waals surface area (Å²) in [7, 11) is 1.64. The molecule has 0 saturated heterocycles. The first-order valence-corrected chi connectivity index (χ1v) is 2.43. The quantitative estimate of drug-likeness (QED) is 0.482. The van der Waals surface area contributed by atoms with Crippen molar-refractivity contribution in [1.82, 2.24) is 0 Å². The zero-order chi connectivity index (χ0) is 5.82. The number of rotatable bonds is 1. The standard InChI is InChI=1S/C7H7O.CH3.Zn/c1-8-7-5-3-2-4-6-7;;/h2-3,5-6H,1H3;1H3;/q2*-1;+2. The smallest absolute Gasteiger partial charge is 0.554 e. The third-order valence-electron chi connectivity index (χ3n) is 0.914. The number of hydrogen-bond acceptors (Lipinski definition) is 1. The van der Waals surface area contributed by atoms with Crippen LogP contribution in [0.2, 0.25) is 0 Å². The van der Waals surface area contributed by atoms with Crippen LogP contribution in [-0.2, 0) is 19.5 Å². The van der Waals surface area contributed by atoms with Gasteiger partial charge in [-0.2, -0.15) is 18.2 Å². The molecular weight excluding hydrogens is 177 g/mol. The first kappa shape index (κ1) is 12.3. The van der Waals surface area contributed by atoms with Crippen molar-refractivity contribution in [1.29, 1.82) is 0 Å². The van der Waals surface area contributed by atoms with Crippen LogP contribution in [0.1, 0.15) is 0 Å². The first-order valence-electron chi connectivity index (χ1n) is 2.43. The fraction of sp³-hybridized carbons (Fsp3) is 0.125. The van der Waals surface area contributed by atoms with Gasteiger partial charge in [0, 0.05) is 5.75 Å². The first-order chi connectivity index (χ1) is 3.93. The summed E-state index contributed by atoms with van der Waals surface area (Å²) in [6.45, 7) is 0. The molecule has 1 aromatic rings. The van der Waals surface area contributed by atoms with Gasteiger partial charge in [0.2, 0.25) is 0 Å². The van der Waals surface area contributed by atoms with Gasteiger partial charge < -0.3 is 12.2 Å². The van der Waals surface area contributed by atoms with Crippen LogP contribution in [0.4, 0.5) is 0 Å². The molecule has 1 aromatic carbocycles. The van der Waals surface area contributed by atoms with Crippen LogP contribution in [0.3, 0.4) is 0 Å². The average Bonchev–Trinajstić information content (AvgIpc) is 1.90. The van der Waals surface area contributed by atoms with Gasteiger partial charge in [0.15, 0.2) is 0 Å². The van der Waals surface area contributed by atoms with Crippen molar-refractivity contribution < 1.29 is 24.2 Å². The zero-order valence-corrected chi connectivity index (χ0v) is 9.39. The molecule has 0 aromatic heterocycles. The molecule has 0 spiro atoms. The Morgan fingerprint density at radius 1 is 1.50 bits per heavy atom. The molecule has 0 unspecified atom stereocenters. The Morgan fingerprint density at radius 2 is 2.20 bits per heavy atom. The van der Waals surface area contributed by atoms with Crippen LogP contribution in [0.25, 0.3) is 0 Å². The van der Waals surface area contributed by atoms with E-state index < -0.39 is 0 Å². The Hall–Kier alpha value is -0.357. The van der Waals surface area contributed by atoms with E-state index in [4.69, 9.17) is 4.74 Å². The van der Waals surface area contributed by atoms with Crippen molar-refractivity contribution in [3.63, 3.8) is 0 Å². The van der Waals surface area contributed by atoms with E-state index in [1.165, 1.54) is 0 Å². The van der Waals surface area contributed by atoms with E-state index in [0.29, 0.717) is 0 Å². The maximum Gasteiger partial charge on any atom is 2.00 e. The molecule has 0 atom stereocenters. The van der Waals surface area contributed by atoms with Gasteiger partial charge in [-0.05, 0) is 0 Å². The summed E-state index contributed by atoms with van der Waals surface area (Å²) < 4.78 is 4.88. The predicted octanol–water partition coefficient (Wildman–Crippen LogP) is 1.94. The van der Waals surface area contributed by atoms with Gasteiger partial charge in [0.25, 0.3) is 0 Å². The number of methoxy groups -OCH3 is 1. The summed E-state index contributed by atoms with van der Waals surface area (Å²) in [6, 6.07) is 10.3. The molecule has 1 rings (SSSR count). The van der Waals surface area contributed by atoms with Crippen LogP contribution < -0.4 is 4.74 Å². The number of hydrogen-bond donors (Lipinski definition) is 0. The Morgan fingerprint density at radius 3 is 2.50 bits per heavy atom. The maximum absolute atomic E-state index is 4.88. The summed E-state index contributed by atoms with van der Waals surface area (Å²) >= 11 is 0. The fourth-order valence-corrected chi connectivity index (χ4v) is 0.504. The predicted molar refractivity (Wildman–Crippen MR) is 38.2 cm³/mol. The molecule has 0 heterocycles. The maximum atomic E-state index is 4.88. The molecule has 0 radical (unpaired) electrons. The van der Waals surface area contributed by atoms with Gasteiger partial charge in [-0.15, -0.1) is 12.1 Å². The van der Waals surface area contributed by atoms with Gasteiger partial charge in [-0.3, -0.25) is 0 Å². The Labute approximate surface area is 75.2 Å². The van der Waals surface area contributed by atoms with Crippen molar-refractivity contribution in [3.05, 3.63) is 37.8 Å². The van der Waals surface area contributed by atoms with Crippen LogP contribution in [0, 0.1) is 13.5 Å². The second-order valence-corrected chi connectivity index (χ2v) is 1.44. The molecule has 0 saturated carbocycles. The monoisotopic (exact) mass is 186 g/mol. The van der Waals surface area contributed by atoms with E-state index in [2.05, 4.69) is 6.07 Å². The SMILES string of the molecule is COc1c[c-]ccc1.[CH3-].[Zn+2]. The molecule has 0 fully saturated rings. The van der Waals surface area contributed by atoms with E-state index >= 15 is 0 Å². The minimum atomic E-state index is 0. The fourth-order valence-electron chi connectivity index (χ4n) is 0.504. The van der Waals surface area contributed by atoms with E-state index in [9.17, 15) is 0 Å². The molecule has 2 heteroatoms. The molecule has 50 valence electrons. The molecule has 0 amide bonds. The van der Waals surface area contributed by atoms with Crippen LogP contribution in [-0.4, -0.2) is 7.11 Å². The summed E-state index contributed by atoms with van der Waals surface area (Å²) in [5.41, 5.74) is 0. The average molecular weight is 188 g/mol. The summed E-state index contributed by atoms with van der Waals surface area (Å²) in [5.74, 6) is 0.854. The molecule has 1 nitrogen and oxygen atoms in total. The van der Waals surface area contributed by atoms with Gasteiger partial charge in [-0.25, -0.2) is 0 Å². The minimum absolute atomic E-state index is 0. The molecule has 10 heavy (non-hydrogen) atoms. The van der Waals surface area contributed by atoms with Crippen molar-refractivity contribution in [2.75, 3.05) is 7.11 Å². The molecule has 0 N–H and O–H groups in total. The van der Waals surface area contributed by atoms with E-state index in [0.717, 1.165) is 5.75 Å². The van der Waals surface area contributed by atoms with Gasteiger partial charge >= 0.3 is 19.5 Å². The normalized spacial score (nSPS) is 6.90. The minimum Gasteiger partial charge on any atom is -0.554 e. The second kappa shape index (κ2) is 6.76.